The van der Waals surface area contributed by atoms with E-state index in [4.69, 9.17) is 4.74 Å². The van der Waals surface area contributed by atoms with Crippen molar-refractivity contribution in [3.05, 3.63) is 47.8 Å². The summed E-state index contributed by atoms with van der Waals surface area (Å²) in [6.07, 6.45) is -3.51. The number of carbonyl (C=O) groups is 1. The molecule has 0 radical (unpaired) electrons. The van der Waals surface area contributed by atoms with Gasteiger partial charge in [-0.2, -0.15) is 18.3 Å². The van der Waals surface area contributed by atoms with E-state index >= 15 is 0 Å². The monoisotopic (exact) mass is 354 g/mol. The van der Waals surface area contributed by atoms with Crippen molar-refractivity contribution in [2.24, 2.45) is 7.05 Å². The second-order valence-electron chi connectivity index (χ2n) is 5.69. The summed E-state index contributed by atoms with van der Waals surface area (Å²) in [7, 11) is 1.37. The molecule has 0 saturated carbocycles. The fourth-order valence-electron chi connectivity index (χ4n) is 2.77. The molecule has 0 spiro atoms. The van der Waals surface area contributed by atoms with Crippen LogP contribution < -0.4 is 5.32 Å². The SMILES string of the molecule is Cn1cc(NC(=O)N2CCOCC2c2ccccc2)c(C(F)(F)F)n1. The molecule has 2 aromatic rings. The zero-order chi connectivity index (χ0) is 18.0. The van der Waals surface area contributed by atoms with Crippen molar-refractivity contribution in [2.75, 3.05) is 25.1 Å². The Balaban J connectivity index is 1.82. The number of anilines is 1. The Morgan fingerprint density at radius 3 is 2.72 bits per heavy atom. The van der Waals surface area contributed by atoms with Crippen molar-refractivity contribution < 1.29 is 22.7 Å². The first-order chi connectivity index (χ1) is 11.9. The molecule has 3 rings (SSSR count). The van der Waals surface area contributed by atoms with Gasteiger partial charge in [-0.15, -0.1) is 0 Å². The topological polar surface area (TPSA) is 59.4 Å². The summed E-state index contributed by atoms with van der Waals surface area (Å²) in [5.41, 5.74) is -0.620. The van der Waals surface area contributed by atoms with E-state index in [-0.39, 0.29) is 24.9 Å². The second kappa shape index (κ2) is 6.75. The molecule has 1 fully saturated rings. The van der Waals surface area contributed by atoms with E-state index in [1.54, 1.807) is 0 Å². The highest BCUT2D eigenvalue weighted by Crippen LogP contribution is 2.34. The highest BCUT2D eigenvalue weighted by atomic mass is 19.4. The Kier molecular flexibility index (Phi) is 4.67. The predicted octanol–water partition coefficient (Wildman–Crippen LogP) is 3.04. The van der Waals surface area contributed by atoms with Gasteiger partial charge in [-0.1, -0.05) is 30.3 Å². The average Bonchev–Trinajstić information content (AvgIpc) is 2.96. The third kappa shape index (κ3) is 3.76. The van der Waals surface area contributed by atoms with Crippen molar-refractivity contribution in [3.63, 3.8) is 0 Å². The summed E-state index contributed by atoms with van der Waals surface area (Å²) >= 11 is 0. The van der Waals surface area contributed by atoms with E-state index in [9.17, 15) is 18.0 Å². The van der Waals surface area contributed by atoms with Crippen molar-refractivity contribution in [1.82, 2.24) is 14.7 Å². The van der Waals surface area contributed by atoms with Crippen LogP contribution in [0.15, 0.2) is 36.5 Å². The van der Waals surface area contributed by atoms with Crippen LogP contribution in [0.1, 0.15) is 17.3 Å². The number of halogens is 3. The van der Waals surface area contributed by atoms with Crippen LogP contribution in [0.3, 0.4) is 0 Å². The van der Waals surface area contributed by atoms with Crippen LogP contribution in [0.25, 0.3) is 0 Å². The summed E-state index contributed by atoms with van der Waals surface area (Å²) in [5, 5.41) is 5.73. The van der Waals surface area contributed by atoms with Crippen molar-refractivity contribution in [1.29, 1.82) is 0 Å². The fourth-order valence-corrected chi connectivity index (χ4v) is 2.77. The minimum atomic E-state index is -4.65. The predicted molar refractivity (Wildman–Crippen MR) is 83.9 cm³/mol. The molecule has 9 heteroatoms. The first-order valence-corrected chi connectivity index (χ1v) is 7.67. The van der Waals surface area contributed by atoms with Crippen LogP contribution in [0.5, 0.6) is 0 Å². The molecule has 1 N–H and O–H groups in total. The number of hydrogen-bond donors (Lipinski definition) is 1. The van der Waals surface area contributed by atoms with Gasteiger partial charge in [0.05, 0.1) is 24.9 Å². The van der Waals surface area contributed by atoms with Gasteiger partial charge in [-0.05, 0) is 5.56 Å². The molecule has 1 unspecified atom stereocenters. The third-order valence-corrected chi connectivity index (χ3v) is 3.91. The third-order valence-electron chi connectivity index (χ3n) is 3.91. The van der Waals surface area contributed by atoms with Gasteiger partial charge >= 0.3 is 12.2 Å². The maximum atomic E-state index is 13.0. The van der Waals surface area contributed by atoms with E-state index in [0.29, 0.717) is 6.61 Å². The van der Waals surface area contributed by atoms with Crippen LogP contribution in [0, 0.1) is 0 Å². The summed E-state index contributed by atoms with van der Waals surface area (Å²) in [6, 6.07) is 8.25. The first kappa shape index (κ1) is 17.3. The lowest BCUT2D eigenvalue weighted by Gasteiger charge is -2.35. The van der Waals surface area contributed by atoms with Crippen LogP contribution in [0.4, 0.5) is 23.7 Å². The Bertz CT molecular complexity index is 746. The molecule has 2 heterocycles. The number of nitrogens with zero attached hydrogens (tertiary/aromatic N) is 3. The number of ether oxygens (including phenoxy) is 1. The molecule has 0 bridgehead atoms. The van der Waals surface area contributed by atoms with Crippen LogP contribution >= 0.6 is 0 Å². The summed E-state index contributed by atoms with van der Waals surface area (Å²) in [6.45, 7) is 0.902. The summed E-state index contributed by atoms with van der Waals surface area (Å²) in [4.78, 5) is 14.1. The number of morpholine rings is 1. The Labute approximate surface area is 142 Å². The summed E-state index contributed by atoms with van der Waals surface area (Å²) < 4.78 is 45.6. The lowest BCUT2D eigenvalue weighted by molar-refractivity contribution is -0.140. The van der Waals surface area contributed by atoms with Crippen molar-refractivity contribution >= 4 is 11.7 Å². The van der Waals surface area contributed by atoms with Gasteiger partial charge in [0.15, 0.2) is 5.69 Å². The average molecular weight is 354 g/mol. The van der Waals surface area contributed by atoms with E-state index in [0.717, 1.165) is 16.4 Å². The van der Waals surface area contributed by atoms with E-state index in [1.165, 1.54) is 11.9 Å². The normalized spacial score (nSPS) is 18.2. The van der Waals surface area contributed by atoms with Gasteiger partial charge in [0.2, 0.25) is 0 Å². The molecule has 25 heavy (non-hydrogen) atoms. The van der Waals surface area contributed by atoms with Crippen molar-refractivity contribution in [2.45, 2.75) is 12.2 Å². The fraction of sp³-hybridized carbons (Fsp3) is 0.375. The number of carbonyl (C=O) groups excluding carboxylic acids is 1. The summed E-state index contributed by atoms with van der Waals surface area (Å²) in [5.74, 6) is 0. The Morgan fingerprint density at radius 2 is 2.04 bits per heavy atom. The largest absolute Gasteiger partial charge is 0.437 e. The standard InChI is InChI=1S/C16H17F3N4O2/c1-22-9-12(14(21-22)16(17,18)19)20-15(24)23-7-8-25-10-13(23)11-5-3-2-4-6-11/h2-6,9,13H,7-8,10H2,1H3,(H,20,24). The maximum absolute atomic E-state index is 13.0. The number of rotatable bonds is 2. The smallest absolute Gasteiger partial charge is 0.377 e. The number of aromatic nitrogens is 2. The lowest BCUT2D eigenvalue weighted by atomic mass is 10.1. The number of amides is 2. The Morgan fingerprint density at radius 1 is 1.32 bits per heavy atom. The highest BCUT2D eigenvalue weighted by Gasteiger charge is 2.38. The van der Waals surface area contributed by atoms with Crippen molar-refractivity contribution in [3.8, 4) is 0 Å². The molecule has 2 amide bonds. The van der Waals surface area contributed by atoms with Crippen LogP contribution in [-0.4, -0.2) is 40.5 Å². The van der Waals surface area contributed by atoms with Crippen LogP contribution in [0.2, 0.25) is 0 Å². The number of benzene rings is 1. The number of urea groups is 1. The number of alkyl halides is 3. The molecular formula is C16H17F3N4O2. The Hall–Kier alpha value is -2.55. The van der Waals surface area contributed by atoms with Gasteiger partial charge < -0.3 is 15.0 Å². The molecule has 1 atom stereocenters. The van der Waals surface area contributed by atoms with Crippen LogP contribution in [-0.2, 0) is 18.0 Å². The number of nitrogens with one attached hydrogen (secondary N) is 1. The van der Waals surface area contributed by atoms with Gasteiger partial charge in [0.1, 0.15) is 0 Å². The molecule has 1 aromatic heterocycles. The quantitative estimate of drug-likeness (QED) is 0.902. The molecule has 1 aliphatic rings. The number of hydrogen-bond acceptors (Lipinski definition) is 3. The molecule has 1 aliphatic heterocycles. The van der Waals surface area contributed by atoms with Gasteiger partial charge in [-0.25, -0.2) is 4.79 Å². The van der Waals surface area contributed by atoms with E-state index < -0.39 is 17.9 Å². The minimum absolute atomic E-state index is 0.285. The van der Waals surface area contributed by atoms with Gasteiger partial charge in [-0.3, -0.25) is 4.68 Å². The molecule has 0 aliphatic carbocycles. The zero-order valence-electron chi connectivity index (χ0n) is 13.5. The number of aryl methyl sites for hydroxylation is 1. The van der Waals surface area contributed by atoms with E-state index in [1.807, 2.05) is 30.3 Å². The molecule has 1 aromatic carbocycles. The lowest BCUT2D eigenvalue weighted by Crippen LogP contribution is -2.45. The van der Waals surface area contributed by atoms with E-state index in [2.05, 4.69) is 10.4 Å². The van der Waals surface area contributed by atoms with Gasteiger partial charge in [0.25, 0.3) is 0 Å². The molecule has 134 valence electrons. The molecule has 6 nitrogen and oxygen atoms in total. The minimum Gasteiger partial charge on any atom is -0.377 e. The second-order valence-corrected chi connectivity index (χ2v) is 5.69. The molecule has 1 saturated heterocycles. The zero-order valence-corrected chi connectivity index (χ0v) is 13.5. The maximum Gasteiger partial charge on any atom is 0.437 e. The molecular weight excluding hydrogens is 337 g/mol. The van der Waals surface area contributed by atoms with Gasteiger partial charge in [0, 0.05) is 19.8 Å². The first-order valence-electron chi connectivity index (χ1n) is 7.67. The highest BCUT2D eigenvalue weighted by molar-refractivity contribution is 5.90.